The zero-order valence-electron chi connectivity index (χ0n) is 14.3. The lowest BCUT2D eigenvalue weighted by Crippen LogP contribution is -2.30. The van der Waals surface area contributed by atoms with Crippen molar-refractivity contribution >= 4 is 34.1 Å². The van der Waals surface area contributed by atoms with Crippen LogP contribution in [-0.2, 0) is 4.79 Å². The Morgan fingerprint density at radius 2 is 1.96 bits per heavy atom. The summed E-state index contributed by atoms with van der Waals surface area (Å²) in [6.45, 7) is 5.61. The lowest BCUT2D eigenvalue weighted by molar-refractivity contribution is -0.122. The number of anilines is 1. The first kappa shape index (κ1) is 17.2. The third kappa shape index (κ3) is 3.74. The molecule has 0 saturated carbocycles. The molecule has 5 heteroatoms. The molecule has 0 bridgehead atoms. The number of nitrogens with one attached hydrogen (secondary N) is 1. The van der Waals surface area contributed by atoms with E-state index < -0.39 is 6.10 Å². The number of aryl methyl sites for hydroxylation is 2. The molecule has 2 aromatic carbocycles. The fraction of sp³-hybridized carbons (Fsp3) is 0.200. The molecule has 1 aromatic heterocycles. The normalized spacial score (nSPS) is 12.0. The summed E-state index contributed by atoms with van der Waals surface area (Å²) in [7, 11) is 0. The predicted molar refractivity (Wildman–Crippen MR) is 101 cm³/mol. The van der Waals surface area contributed by atoms with Crippen LogP contribution in [0.4, 0.5) is 5.69 Å². The molecule has 0 aliphatic carbocycles. The SMILES string of the molecule is Cc1cc(OC(C)C(=O)Nc2ccc(C)c3ncccc23)ccc1Cl. The number of ether oxygens (including phenoxy) is 1. The molecule has 0 aliphatic heterocycles. The van der Waals surface area contributed by atoms with Gasteiger partial charge >= 0.3 is 0 Å². The quantitative estimate of drug-likeness (QED) is 0.724. The monoisotopic (exact) mass is 354 g/mol. The van der Waals surface area contributed by atoms with Crippen molar-refractivity contribution in [3.63, 3.8) is 0 Å². The van der Waals surface area contributed by atoms with Gasteiger partial charge in [-0.3, -0.25) is 9.78 Å². The minimum Gasteiger partial charge on any atom is -0.481 e. The molecule has 1 unspecified atom stereocenters. The Labute approximate surface area is 151 Å². The number of fused-ring (bicyclic) bond motifs is 1. The van der Waals surface area contributed by atoms with E-state index in [1.165, 1.54) is 0 Å². The van der Waals surface area contributed by atoms with Crippen molar-refractivity contribution in [1.82, 2.24) is 4.98 Å². The van der Waals surface area contributed by atoms with Gasteiger partial charge in [0.2, 0.25) is 0 Å². The first-order valence-electron chi connectivity index (χ1n) is 8.03. The van der Waals surface area contributed by atoms with Crippen molar-refractivity contribution in [2.45, 2.75) is 26.9 Å². The number of aromatic nitrogens is 1. The third-order valence-electron chi connectivity index (χ3n) is 4.04. The van der Waals surface area contributed by atoms with Gasteiger partial charge in [0.25, 0.3) is 5.91 Å². The van der Waals surface area contributed by atoms with Crippen LogP contribution in [0.1, 0.15) is 18.1 Å². The molecular weight excluding hydrogens is 336 g/mol. The molecule has 1 N–H and O–H groups in total. The summed E-state index contributed by atoms with van der Waals surface area (Å²) >= 11 is 6.01. The van der Waals surface area contributed by atoms with E-state index in [4.69, 9.17) is 16.3 Å². The van der Waals surface area contributed by atoms with Gasteiger partial charge in [0.05, 0.1) is 11.2 Å². The second-order valence-corrected chi connectivity index (χ2v) is 6.40. The molecule has 1 heterocycles. The van der Waals surface area contributed by atoms with Gasteiger partial charge in [-0.1, -0.05) is 17.7 Å². The second kappa shape index (κ2) is 7.11. The van der Waals surface area contributed by atoms with Crippen molar-refractivity contribution in [1.29, 1.82) is 0 Å². The molecule has 128 valence electrons. The average Bonchev–Trinajstić information content (AvgIpc) is 2.60. The highest BCUT2D eigenvalue weighted by atomic mass is 35.5. The fourth-order valence-electron chi connectivity index (χ4n) is 2.61. The standard InChI is InChI=1S/C20H19ClN2O2/c1-12-6-9-18(16-5-4-10-22-19(12)16)23-20(24)14(3)25-15-7-8-17(21)13(2)11-15/h4-11,14H,1-3H3,(H,23,24). The lowest BCUT2D eigenvalue weighted by atomic mass is 10.1. The molecular formula is C20H19ClN2O2. The van der Waals surface area contributed by atoms with Crippen LogP contribution in [0, 0.1) is 13.8 Å². The maximum Gasteiger partial charge on any atom is 0.265 e. The Hall–Kier alpha value is -2.59. The van der Waals surface area contributed by atoms with Crippen molar-refractivity contribution in [2.24, 2.45) is 0 Å². The third-order valence-corrected chi connectivity index (χ3v) is 4.46. The highest BCUT2D eigenvalue weighted by Gasteiger charge is 2.16. The molecule has 25 heavy (non-hydrogen) atoms. The van der Waals surface area contributed by atoms with E-state index in [1.54, 1.807) is 25.3 Å². The van der Waals surface area contributed by atoms with Gasteiger partial charge in [0.1, 0.15) is 5.75 Å². The Balaban J connectivity index is 1.78. The first-order chi connectivity index (χ1) is 12.0. The molecule has 3 aromatic rings. The molecule has 0 radical (unpaired) electrons. The van der Waals surface area contributed by atoms with E-state index in [2.05, 4.69) is 10.3 Å². The van der Waals surface area contributed by atoms with E-state index in [0.717, 1.165) is 27.7 Å². The second-order valence-electron chi connectivity index (χ2n) is 5.99. The van der Waals surface area contributed by atoms with Crippen molar-refractivity contribution in [3.05, 3.63) is 64.8 Å². The number of carbonyl (C=O) groups excluding carboxylic acids is 1. The van der Waals surface area contributed by atoms with Crippen LogP contribution >= 0.6 is 11.6 Å². The maximum absolute atomic E-state index is 12.5. The molecule has 4 nitrogen and oxygen atoms in total. The lowest BCUT2D eigenvalue weighted by Gasteiger charge is -2.16. The highest BCUT2D eigenvalue weighted by molar-refractivity contribution is 6.31. The van der Waals surface area contributed by atoms with Crippen molar-refractivity contribution in [2.75, 3.05) is 5.32 Å². The van der Waals surface area contributed by atoms with E-state index in [1.807, 2.05) is 44.2 Å². The van der Waals surface area contributed by atoms with E-state index in [9.17, 15) is 4.79 Å². The van der Waals surface area contributed by atoms with Gasteiger partial charge < -0.3 is 10.1 Å². The predicted octanol–water partition coefficient (Wildman–Crippen LogP) is 4.91. The van der Waals surface area contributed by atoms with Gasteiger partial charge in [-0.15, -0.1) is 0 Å². The highest BCUT2D eigenvalue weighted by Crippen LogP contribution is 2.25. The summed E-state index contributed by atoms with van der Waals surface area (Å²) in [5.74, 6) is 0.390. The number of rotatable bonds is 4. The Bertz CT molecular complexity index is 940. The molecule has 0 aliphatic rings. The summed E-state index contributed by atoms with van der Waals surface area (Å²) in [6, 6.07) is 13.0. The van der Waals surface area contributed by atoms with Crippen LogP contribution in [0.5, 0.6) is 5.75 Å². The van der Waals surface area contributed by atoms with Gasteiger partial charge in [-0.25, -0.2) is 0 Å². The molecule has 1 atom stereocenters. The van der Waals surface area contributed by atoms with Crippen molar-refractivity contribution < 1.29 is 9.53 Å². The van der Waals surface area contributed by atoms with Crippen LogP contribution in [-0.4, -0.2) is 17.0 Å². The molecule has 0 saturated heterocycles. The number of benzene rings is 2. The van der Waals surface area contributed by atoms with Crippen LogP contribution < -0.4 is 10.1 Å². The molecule has 0 spiro atoms. The number of amides is 1. The summed E-state index contributed by atoms with van der Waals surface area (Å²) in [6.07, 6.45) is 1.10. The van der Waals surface area contributed by atoms with Gasteiger partial charge in [0, 0.05) is 16.6 Å². The van der Waals surface area contributed by atoms with Crippen molar-refractivity contribution in [3.8, 4) is 5.75 Å². The number of pyridine rings is 1. The summed E-state index contributed by atoms with van der Waals surface area (Å²) < 4.78 is 5.73. The van der Waals surface area contributed by atoms with E-state index in [0.29, 0.717) is 10.8 Å². The number of halogens is 1. The summed E-state index contributed by atoms with van der Waals surface area (Å²) in [4.78, 5) is 16.9. The van der Waals surface area contributed by atoms with Gasteiger partial charge in [-0.05, 0) is 68.3 Å². The van der Waals surface area contributed by atoms with Crippen LogP contribution in [0.2, 0.25) is 5.02 Å². The topological polar surface area (TPSA) is 51.2 Å². The molecule has 0 fully saturated rings. The minimum absolute atomic E-state index is 0.221. The number of hydrogen-bond acceptors (Lipinski definition) is 3. The average molecular weight is 355 g/mol. The van der Waals surface area contributed by atoms with E-state index >= 15 is 0 Å². The van der Waals surface area contributed by atoms with E-state index in [-0.39, 0.29) is 5.91 Å². The molecule has 1 amide bonds. The summed E-state index contributed by atoms with van der Waals surface area (Å²) in [5.41, 5.74) is 3.57. The number of carbonyl (C=O) groups is 1. The largest absolute Gasteiger partial charge is 0.481 e. The minimum atomic E-state index is -0.645. The number of nitrogens with zero attached hydrogens (tertiary/aromatic N) is 1. The Morgan fingerprint density at radius 1 is 1.16 bits per heavy atom. The Morgan fingerprint density at radius 3 is 2.72 bits per heavy atom. The van der Waals surface area contributed by atoms with Gasteiger partial charge in [-0.2, -0.15) is 0 Å². The van der Waals surface area contributed by atoms with Crippen LogP contribution in [0.3, 0.4) is 0 Å². The zero-order chi connectivity index (χ0) is 18.0. The van der Waals surface area contributed by atoms with Gasteiger partial charge in [0.15, 0.2) is 6.10 Å². The van der Waals surface area contributed by atoms with Crippen LogP contribution in [0.25, 0.3) is 10.9 Å². The smallest absolute Gasteiger partial charge is 0.265 e. The zero-order valence-corrected chi connectivity index (χ0v) is 15.1. The summed E-state index contributed by atoms with van der Waals surface area (Å²) in [5, 5.41) is 4.51. The maximum atomic E-state index is 12.5. The number of hydrogen-bond donors (Lipinski definition) is 1. The Kier molecular flexibility index (Phi) is 4.91. The first-order valence-corrected chi connectivity index (χ1v) is 8.41. The fourth-order valence-corrected chi connectivity index (χ4v) is 2.72. The van der Waals surface area contributed by atoms with Crippen LogP contribution in [0.15, 0.2) is 48.7 Å². The molecule has 3 rings (SSSR count).